The highest BCUT2D eigenvalue weighted by molar-refractivity contribution is 6.30. The summed E-state index contributed by atoms with van der Waals surface area (Å²) in [4.78, 5) is 28.1. The fourth-order valence-electron chi connectivity index (χ4n) is 6.09. The highest BCUT2D eigenvalue weighted by Gasteiger charge is 2.40. The molecule has 0 saturated carbocycles. The van der Waals surface area contributed by atoms with Gasteiger partial charge in [-0.1, -0.05) is 41.9 Å². The lowest BCUT2D eigenvalue weighted by atomic mass is 9.82. The van der Waals surface area contributed by atoms with Crippen LogP contribution in [0.3, 0.4) is 0 Å². The van der Waals surface area contributed by atoms with E-state index in [2.05, 4.69) is 10.6 Å². The second kappa shape index (κ2) is 11.6. The van der Waals surface area contributed by atoms with E-state index in [9.17, 15) is 14.7 Å². The number of pyridine rings is 1. The van der Waals surface area contributed by atoms with Crippen LogP contribution in [0.4, 0.5) is 5.69 Å². The first kappa shape index (κ1) is 29.5. The van der Waals surface area contributed by atoms with Gasteiger partial charge in [-0.05, 0) is 70.8 Å². The molecule has 1 unspecified atom stereocenters. The van der Waals surface area contributed by atoms with Gasteiger partial charge in [-0.15, -0.1) is 0 Å². The molecule has 1 aromatic heterocycles. The van der Waals surface area contributed by atoms with Crippen LogP contribution in [0.25, 0.3) is 22.0 Å². The number of aromatic nitrogens is 1. The molecule has 0 fully saturated rings. The largest absolute Gasteiger partial charge is 0.486 e. The molecule has 0 aliphatic carbocycles. The Morgan fingerprint density at radius 2 is 1.67 bits per heavy atom. The van der Waals surface area contributed by atoms with Crippen molar-refractivity contribution in [2.24, 2.45) is 7.05 Å². The average molecular weight is 635 g/mol. The number of aliphatic hydroxyl groups is 1. The standard InChI is InChI=1S/C36H31ClN4O5/c1-40-21-38-20-33(40)36(44,24-8-6-22(7-9-24)35(43)39-27-11-13-31-32(18-27)46-15-14-45-31)25-10-12-30-29(17-25)28(19-34(42)41(30)2)23-4-3-5-26(37)16-23/h3-13,16-20,38,44H,14-15,21H2,1-2H3,(H,39,43). The Hall–Kier alpha value is -5.25. The van der Waals surface area contributed by atoms with E-state index in [4.69, 9.17) is 21.1 Å². The zero-order chi connectivity index (χ0) is 32.0. The number of carbonyl (C=O) groups excluding carboxylic acids is 1. The molecular weight excluding hydrogens is 604 g/mol. The van der Waals surface area contributed by atoms with E-state index < -0.39 is 5.60 Å². The minimum atomic E-state index is -1.60. The molecule has 0 radical (unpaired) electrons. The Bertz CT molecular complexity index is 2090. The number of anilines is 1. The number of nitrogens with zero attached hydrogens (tertiary/aromatic N) is 2. The van der Waals surface area contributed by atoms with E-state index in [1.165, 1.54) is 0 Å². The van der Waals surface area contributed by atoms with E-state index in [1.54, 1.807) is 72.4 Å². The van der Waals surface area contributed by atoms with Crippen LogP contribution in [0.1, 0.15) is 21.5 Å². The molecular formula is C36H31ClN4O5. The molecule has 3 N–H and O–H groups in total. The van der Waals surface area contributed by atoms with Crippen LogP contribution >= 0.6 is 11.6 Å². The van der Waals surface area contributed by atoms with Crippen LogP contribution in [-0.4, -0.2) is 47.4 Å². The molecule has 5 aromatic rings. The van der Waals surface area contributed by atoms with Gasteiger partial charge >= 0.3 is 0 Å². The smallest absolute Gasteiger partial charge is 0.255 e. The summed E-state index contributed by atoms with van der Waals surface area (Å²) in [6, 6.07) is 26.7. The third-order valence-electron chi connectivity index (χ3n) is 8.51. The van der Waals surface area contributed by atoms with E-state index in [0.717, 1.165) is 10.9 Å². The number of hydrogen-bond donors (Lipinski definition) is 3. The maximum absolute atomic E-state index is 13.2. The van der Waals surface area contributed by atoms with Crippen LogP contribution in [0.5, 0.6) is 11.5 Å². The number of hydrogen-bond acceptors (Lipinski definition) is 7. The fraction of sp³-hybridized carbons (Fsp3) is 0.167. The summed E-state index contributed by atoms with van der Waals surface area (Å²) in [5.74, 6) is 0.925. The summed E-state index contributed by atoms with van der Waals surface area (Å²) in [5.41, 5.74) is 3.27. The predicted molar refractivity (Wildman–Crippen MR) is 178 cm³/mol. The molecule has 0 saturated heterocycles. The van der Waals surface area contributed by atoms with Gasteiger partial charge < -0.3 is 34.7 Å². The molecule has 10 heteroatoms. The Balaban J connectivity index is 1.29. The zero-order valence-corrected chi connectivity index (χ0v) is 26.0. The van der Waals surface area contributed by atoms with Gasteiger partial charge in [0.1, 0.15) is 13.2 Å². The Morgan fingerprint density at radius 1 is 0.913 bits per heavy atom. The predicted octanol–water partition coefficient (Wildman–Crippen LogP) is 5.45. The molecule has 0 spiro atoms. The number of benzene rings is 4. The number of aryl methyl sites for hydroxylation is 1. The van der Waals surface area contributed by atoms with Crippen LogP contribution in [0.2, 0.25) is 5.02 Å². The molecule has 1 amide bonds. The second-order valence-corrected chi connectivity index (χ2v) is 11.8. The summed E-state index contributed by atoms with van der Waals surface area (Å²) in [6.07, 6.45) is 1.80. The average Bonchev–Trinajstić information content (AvgIpc) is 3.52. The molecule has 3 heterocycles. The first-order valence-corrected chi connectivity index (χ1v) is 15.2. The number of ether oxygens (including phenoxy) is 2. The molecule has 2 aliphatic heterocycles. The van der Waals surface area contributed by atoms with Crippen molar-refractivity contribution in [2.75, 3.05) is 32.2 Å². The molecule has 7 rings (SSSR count). The van der Waals surface area contributed by atoms with Crippen LogP contribution in [0, 0.1) is 0 Å². The number of likely N-dealkylation sites (N-methyl/N-ethyl adjacent to an activating group) is 1. The number of fused-ring (bicyclic) bond motifs is 2. The maximum Gasteiger partial charge on any atom is 0.255 e. The van der Waals surface area contributed by atoms with Crippen molar-refractivity contribution in [1.82, 2.24) is 14.8 Å². The number of halogens is 1. The Labute approximate surface area is 270 Å². The summed E-state index contributed by atoms with van der Waals surface area (Å²) in [6.45, 7) is 1.46. The zero-order valence-electron chi connectivity index (χ0n) is 25.2. The monoisotopic (exact) mass is 634 g/mol. The fourth-order valence-corrected chi connectivity index (χ4v) is 6.28. The van der Waals surface area contributed by atoms with Gasteiger partial charge in [0.25, 0.3) is 11.5 Å². The third kappa shape index (κ3) is 5.13. The van der Waals surface area contributed by atoms with Crippen molar-refractivity contribution >= 4 is 34.1 Å². The number of amides is 1. The molecule has 4 aromatic carbocycles. The van der Waals surface area contributed by atoms with E-state index in [-0.39, 0.29) is 11.5 Å². The Kier molecular flexibility index (Phi) is 7.43. The molecule has 1 atom stereocenters. The second-order valence-electron chi connectivity index (χ2n) is 11.4. The molecule has 2 aliphatic rings. The van der Waals surface area contributed by atoms with Gasteiger partial charge in [-0.3, -0.25) is 9.59 Å². The Morgan fingerprint density at radius 3 is 2.41 bits per heavy atom. The quantitative estimate of drug-likeness (QED) is 0.228. The number of nitrogens with one attached hydrogen (secondary N) is 2. The van der Waals surface area contributed by atoms with Gasteiger partial charge in [0.2, 0.25) is 0 Å². The van der Waals surface area contributed by atoms with Crippen molar-refractivity contribution in [3.8, 4) is 22.6 Å². The number of rotatable bonds is 6. The topological polar surface area (TPSA) is 105 Å². The van der Waals surface area contributed by atoms with Crippen molar-refractivity contribution in [2.45, 2.75) is 5.60 Å². The van der Waals surface area contributed by atoms with Crippen LogP contribution in [-0.2, 0) is 12.6 Å². The molecule has 0 bridgehead atoms. The van der Waals surface area contributed by atoms with Crippen LogP contribution < -0.4 is 25.7 Å². The van der Waals surface area contributed by atoms with Crippen molar-refractivity contribution in [3.63, 3.8) is 0 Å². The minimum absolute atomic E-state index is 0.155. The number of carbonyl (C=O) groups is 1. The van der Waals surface area contributed by atoms with Gasteiger partial charge in [0.05, 0.1) is 17.9 Å². The van der Waals surface area contributed by atoms with Crippen molar-refractivity contribution in [3.05, 3.63) is 135 Å². The van der Waals surface area contributed by atoms with Crippen molar-refractivity contribution < 1.29 is 19.4 Å². The first-order chi connectivity index (χ1) is 22.2. The maximum atomic E-state index is 13.2. The van der Waals surface area contributed by atoms with Gasteiger partial charge in [0, 0.05) is 54.1 Å². The lowest BCUT2D eigenvalue weighted by Gasteiger charge is -2.34. The van der Waals surface area contributed by atoms with Gasteiger partial charge in [0.15, 0.2) is 17.1 Å². The molecule has 9 nitrogen and oxygen atoms in total. The first-order valence-electron chi connectivity index (χ1n) is 14.8. The summed E-state index contributed by atoms with van der Waals surface area (Å²) < 4.78 is 12.8. The van der Waals surface area contributed by atoms with E-state index in [1.807, 2.05) is 48.3 Å². The third-order valence-corrected chi connectivity index (χ3v) is 8.75. The minimum Gasteiger partial charge on any atom is -0.486 e. The van der Waals surface area contributed by atoms with E-state index >= 15 is 0 Å². The van der Waals surface area contributed by atoms with Gasteiger partial charge in [-0.25, -0.2) is 0 Å². The van der Waals surface area contributed by atoms with Crippen LogP contribution in [0.15, 0.2) is 108 Å². The highest BCUT2D eigenvalue weighted by Crippen LogP contribution is 2.41. The van der Waals surface area contributed by atoms with Gasteiger partial charge in [-0.2, -0.15) is 0 Å². The molecule has 232 valence electrons. The summed E-state index contributed by atoms with van der Waals surface area (Å²) in [5, 5.41) is 20.2. The SMILES string of the molecule is CN1CNC=C1C(O)(c1ccc(C(=O)Nc2ccc3c(c2)OCCO3)cc1)c1ccc2c(c1)c(-c1cccc(Cl)c1)cc(=O)n2C. The highest BCUT2D eigenvalue weighted by atomic mass is 35.5. The lowest BCUT2D eigenvalue weighted by molar-refractivity contribution is 0.0929. The lowest BCUT2D eigenvalue weighted by Crippen LogP contribution is -2.36. The summed E-state index contributed by atoms with van der Waals surface area (Å²) in [7, 11) is 3.62. The van der Waals surface area contributed by atoms with E-state index in [0.29, 0.717) is 75.6 Å². The van der Waals surface area contributed by atoms with Crippen molar-refractivity contribution in [1.29, 1.82) is 0 Å². The molecule has 46 heavy (non-hydrogen) atoms. The normalized spacial score (nSPS) is 15.2. The summed E-state index contributed by atoms with van der Waals surface area (Å²) >= 11 is 6.33.